The Bertz CT molecular complexity index is 1010. The number of nitrogens with one attached hydrogen (secondary N) is 2. The summed E-state index contributed by atoms with van der Waals surface area (Å²) < 4.78 is 1.73. The van der Waals surface area contributed by atoms with E-state index in [-0.39, 0.29) is 24.4 Å². The van der Waals surface area contributed by atoms with Gasteiger partial charge in [-0.15, -0.1) is 17.5 Å². The number of fused-ring (bicyclic) bond motifs is 2. The lowest BCUT2D eigenvalue weighted by molar-refractivity contribution is 0.0918. The molecule has 5 rings (SSSR count). The predicted octanol–water partition coefficient (Wildman–Crippen LogP) is 3.68. The van der Waals surface area contributed by atoms with Gasteiger partial charge in [-0.3, -0.25) is 4.79 Å². The zero-order valence-electron chi connectivity index (χ0n) is 16.9. The zero-order chi connectivity index (χ0) is 19.8. The molecule has 156 valence electrons. The fourth-order valence-corrected chi connectivity index (χ4v) is 4.64. The number of amides is 1. The Morgan fingerprint density at radius 3 is 2.30 bits per heavy atom. The highest BCUT2D eigenvalue weighted by Crippen LogP contribution is 2.27. The Labute approximate surface area is 182 Å². The minimum Gasteiger partial charge on any atom is -0.348 e. The highest BCUT2D eigenvalue weighted by molar-refractivity contribution is 5.93. The number of benzene rings is 2. The van der Waals surface area contributed by atoms with Crippen LogP contribution in [-0.4, -0.2) is 39.0 Å². The summed E-state index contributed by atoms with van der Waals surface area (Å²) in [5.41, 5.74) is 4.37. The second-order valence-electron chi connectivity index (χ2n) is 8.13. The lowest BCUT2D eigenvalue weighted by Crippen LogP contribution is -2.48. The van der Waals surface area contributed by atoms with Crippen molar-refractivity contribution >= 4 is 18.3 Å². The van der Waals surface area contributed by atoms with Crippen LogP contribution in [0.5, 0.6) is 0 Å². The first kappa shape index (κ1) is 20.6. The average Bonchev–Trinajstić information content (AvgIpc) is 3.30. The van der Waals surface area contributed by atoms with Crippen molar-refractivity contribution in [2.75, 3.05) is 0 Å². The fraction of sp³-hybridized carbons (Fsp3) is 0.348. The highest BCUT2D eigenvalue weighted by atomic mass is 35.5. The number of halogens is 1. The van der Waals surface area contributed by atoms with Crippen LogP contribution in [0.3, 0.4) is 0 Å². The van der Waals surface area contributed by atoms with Crippen molar-refractivity contribution in [3.8, 4) is 16.8 Å². The summed E-state index contributed by atoms with van der Waals surface area (Å²) in [5.74, 6) is -0.124. The summed E-state index contributed by atoms with van der Waals surface area (Å²) >= 11 is 0. The molecular weight excluding hydrogens is 398 g/mol. The molecule has 6 nitrogen and oxygen atoms in total. The Balaban J connectivity index is 0.00000218. The molecule has 2 aromatic carbocycles. The second-order valence-corrected chi connectivity index (χ2v) is 8.13. The molecule has 7 heteroatoms. The van der Waals surface area contributed by atoms with E-state index in [1.54, 1.807) is 4.68 Å². The average molecular weight is 424 g/mol. The molecule has 0 spiro atoms. The van der Waals surface area contributed by atoms with E-state index in [9.17, 15) is 4.79 Å². The summed E-state index contributed by atoms with van der Waals surface area (Å²) in [5, 5.41) is 15.2. The molecule has 2 fully saturated rings. The molecule has 1 aromatic heterocycles. The lowest BCUT2D eigenvalue weighted by Gasteiger charge is -2.29. The Kier molecular flexibility index (Phi) is 5.88. The van der Waals surface area contributed by atoms with E-state index in [1.807, 2.05) is 37.3 Å². The van der Waals surface area contributed by atoms with Crippen LogP contribution in [0, 0.1) is 6.92 Å². The Hall–Kier alpha value is -2.70. The van der Waals surface area contributed by atoms with E-state index in [0.717, 1.165) is 29.8 Å². The van der Waals surface area contributed by atoms with Crippen LogP contribution in [0.4, 0.5) is 0 Å². The smallest absolute Gasteiger partial charge is 0.273 e. The van der Waals surface area contributed by atoms with Crippen LogP contribution in [0.1, 0.15) is 41.9 Å². The van der Waals surface area contributed by atoms with Gasteiger partial charge in [-0.2, -0.15) is 0 Å². The molecule has 0 aliphatic carbocycles. The minimum atomic E-state index is -0.124. The molecule has 0 saturated carbocycles. The van der Waals surface area contributed by atoms with E-state index >= 15 is 0 Å². The number of carbonyl (C=O) groups excluding carboxylic acids is 1. The first-order valence-electron chi connectivity index (χ1n) is 10.3. The van der Waals surface area contributed by atoms with E-state index in [2.05, 4.69) is 45.2 Å². The maximum Gasteiger partial charge on any atom is 0.273 e. The molecule has 0 radical (unpaired) electrons. The van der Waals surface area contributed by atoms with E-state index < -0.39 is 0 Å². The largest absolute Gasteiger partial charge is 0.348 e. The third-order valence-electron chi connectivity index (χ3n) is 6.14. The van der Waals surface area contributed by atoms with Gasteiger partial charge in [0.1, 0.15) is 0 Å². The third-order valence-corrected chi connectivity index (χ3v) is 6.14. The number of carbonyl (C=O) groups is 1. The van der Waals surface area contributed by atoms with Crippen LogP contribution in [-0.2, 0) is 0 Å². The van der Waals surface area contributed by atoms with Gasteiger partial charge in [-0.25, -0.2) is 4.68 Å². The van der Waals surface area contributed by atoms with Crippen molar-refractivity contribution in [1.29, 1.82) is 0 Å². The van der Waals surface area contributed by atoms with Gasteiger partial charge in [-0.1, -0.05) is 47.7 Å². The van der Waals surface area contributed by atoms with Gasteiger partial charge in [-0.05, 0) is 55.9 Å². The first-order valence-corrected chi connectivity index (χ1v) is 10.3. The topological polar surface area (TPSA) is 71.8 Å². The van der Waals surface area contributed by atoms with Crippen molar-refractivity contribution in [1.82, 2.24) is 25.6 Å². The minimum absolute atomic E-state index is 0. The van der Waals surface area contributed by atoms with Gasteiger partial charge in [0.05, 0.1) is 11.4 Å². The molecule has 2 atom stereocenters. The van der Waals surface area contributed by atoms with Crippen LogP contribution < -0.4 is 10.6 Å². The predicted molar refractivity (Wildman–Crippen MR) is 119 cm³/mol. The van der Waals surface area contributed by atoms with Gasteiger partial charge in [0, 0.05) is 18.1 Å². The molecular formula is C23H26ClN5O. The van der Waals surface area contributed by atoms with Crippen LogP contribution in [0.2, 0.25) is 0 Å². The van der Waals surface area contributed by atoms with Gasteiger partial charge >= 0.3 is 0 Å². The maximum atomic E-state index is 12.8. The van der Waals surface area contributed by atoms with Crippen LogP contribution in [0.25, 0.3) is 16.8 Å². The highest BCUT2D eigenvalue weighted by Gasteiger charge is 2.34. The standard InChI is InChI=1S/C23H25N5O.ClH/c1-15-22(23(29)25-20-13-18-9-10-19(14-20)24-18)26-27-28(15)21-11-7-17(8-12-21)16-5-3-2-4-6-16;/h2-8,11-12,18-20,24H,9-10,13-14H2,1H3,(H,25,29);1H. The third kappa shape index (κ3) is 3.98. The molecule has 2 saturated heterocycles. The van der Waals surface area contributed by atoms with Gasteiger partial charge in [0.2, 0.25) is 0 Å². The molecule has 3 heterocycles. The molecule has 2 bridgehead atoms. The first-order chi connectivity index (χ1) is 14.2. The quantitative estimate of drug-likeness (QED) is 0.671. The normalized spacial score (nSPS) is 22.4. The number of piperidine rings is 1. The van der Waals surface area contributed by atoms with E-state index in [1.165, 1.54) is 18.4 Å². The van der Waals surface area contributed by atoms with Crippen molar-refractivity contribution in [2.45, 2.75) is 50.7 Å². The summed E-state index contributed by atoms with van der Waals surface area (Å²) in [6, 6.07) is 19.7. The fourth-order valence-electron chi connectivity index (χ4n) is 4.64. The van der Waals surface area contributed by atoms with E-state index in [0.29, 0.717) is 17.8 Å². The van der Waals surface area contributed by atoms with Crippen LogP contribution in [0.15, 0.2) is 54.6 Å². The number of nitrogens with zero attached hydrogens (tertiary/aromatic N) is 3. The van der Waals surface area contributed by atoms with E-state index in [4.69, 9.17) is 0 Å². The maximum absolute atomic E-state index is 12.8. The SMILES string of the molecule is Cc1c(C(=O)NC2CC3CCC(C2)N3)nnn1-c1ccc(-c2ccccc2)cc1.Cl. The molecule has 2 N–H and O–H groups in total. The summed E-state index contributed by atoms with van der Waals surface area (Å²) in [6.45, 7) is 1.89. The molecule has 2 aliphatic heterocycles. The second kappa shape index (κ2) is 8.58. The van der Waals surface area contributed by atoms with Gasteiger partial charge < -0.3 is 10.6 Å². The number of rotatable bonds is 4. The molecule has 2 aliphatic rings. The van der Waals surface area contributed by atoms with Crippen LogP contribution >= 0.6 is 12.4 Å². The Morgan fingerprint density at radius 2 is 1.63 bits per heavy atom. The van der Waals surface area contributed by atoms with Gasteiger partial charge in [0.25, 0.3) is 5.91 Å². The molecule has 2 unspecified atom stereocenters. The number of hydrogen-bond donors (Lipinski definition) is 2. The zero-order valence-corrected chi connectivity index (χ0v) is 17.7. The molecule has 30 heavy (non-hydrogen) atoms. The Morgan fingerprint density at radius 1 is 1.00 bits per heavy atom. The van der Waals surface area contributed by atoms with Crippen molar-refractivity contribution in [2.24, 2.45) is 0 Å². The summed E-state index contributed by atoms with van der Waals surface area (Å²) in [4.78, 5) is 12.8. The molecule has 1 amide bonds. The monoisotopic (exact) mass is 423 g/mol. The number of aromatic nitrogens is 3. The van der Waals surface area contributed by atoms with Crippen molar-refractivity contribution in [3.05, 3.63) is 66.0 Å². The number of hydrogen-bond acceptors (Lipinski definition) is 4. The lowest BCUT2D eigenvalue weighted by atomic mass is 9.99. The van der Waals surface area contributed by atoms with Crippen molar-refractivity contribution in [3.63, 3.8) is 0 Å². The van der Waals surface area contributed by atoms with Gasteiger partial charge in [0.15, 0.2) is 5.69 Å². The summed E-state index contributed by atoms with van der Waals surface area (Å²) in [7, 11) is 0. The van der Waals surface area contributed by atoms with Crippen molar-refractivity contribution < 1.29 is 4.79 Å². The molecule has 3 aromatic rings. The summed E-state index contributed by atoms with van der Waals surface area (Å²) in [6.07, 6.45) is 4.42.